The predicted molar refractivity (Wildman–Crippen MR) is 85.6 cm³/mol. The van der Waals surface area contributed by atoms with E-state index in [0.717, 1.165) is 49.7 Å². The van der Waals surface area contributed by atoms with Crippen LogP contribution in [0.2, 0.25) is 0 Å². The zero-order valence-electron chi connectivity index (χ0n) is 12.5. The predicted octanol–water partition coefficient (Wildman–Crippen LogP) is 0.749. The number of ether oxygens (including phenoxy) is 2. The van der Waals surface area contributed by atoms with Crippen molar-refractivity contribution in [2.45, 2.75) is 13.0 Å². The molecule has 6 nitrogen and oxygen atoms in total. The lowest BCUT2D eigenvalue weighted by Crippen LogP contribution is -2.38. The van der Waals surface area contributed by atoms with Crippen molar-refractivity contribution in [3.05, 3.63) is 23.8 Å². The molecule has 0 unspecified atom stereocenters. The van der Waals surface area contributed by atoms with Crippen molar-refractivity contribution in [1.29, 1.82) is 0 Å². The number of benzene rings is 1. The first-order valence-corrected chi connectivity index (χ1v) is 7.39. The van der Waals surface area contributed by atoms with Gasteiger partial charge in [0.2, 0.25) is 12.7 Å². The topological polar surface area (TPSA) is 62.8 Å². The number of fused-ring (bicyclic) bond motifs is 1. The molecular formula is C15H22ClN3O3. The molecule has 0 radical (unpaired) electrons. The first-order valence-electron chi connectivity index (χ1n) is 7.39. The number of hydrogen-bond acceptors (Lipinski definition) is 5. The molecule has 1 fully saturated rings. The van der Waals surface area contributed by atoms with Gasteiger partial charge in [-0.1, -0.05) is 6.07 Å². The van der Waals surface area contributed by atoms with Crippen molar-refractivity contribution in [3.8, 4) is 11.5 Å². The second-order valence-corrected chi connectivity index (χ2v) is 5.34. The van der Waals surface area contributed by atoms with Crippen LogP contribution in [-0.2, 0) is 11.3 Å². The number of carbonyl (C=O) groups is 1. The van der Waals surface area contributed by atoms with E-state index in [1.165, 1.54) is 0 Å². The summed E-state index contributed by atoms with van der Waals surface area (Å²) in [6.45, 7) is 5.15. The monoisotopic (exact) mass is 327 g/mol. The molecule has 1 saturated heterocycles. The summed E-state index contributed by atoms with van der Waals surface area (Å²) >= 11 is 0. The van der Waals surface area contributed by atoms with Crippen LogP contribution >= 0.6 is 12.4 Å². The van der Waals surface area contributed by atoms with Crippen LogP contribution in [0.3, 0.4) is 0 Å². The van der Waals surface area contributed by atoms with Crippen molar-refractivity contribution >= 4 is 18.3 Å². The summed E-state index contributed by atoms with van der Waals surface area (Å²) < 4.78 is 10.6. The van der Waals surface area contributed by atoms with E-state index in [1.54, 1.807) is 0 Å². The zero-order chi connectivity index (χ0) is 14.5. The minimum atomic E-state index is 0. The lowest BCUT2D eigenvalue weighted by Gasteiger charge is -2.18. The summed E-state index contributed by atoms with van der Waals surface area (Å²) in [5, 5.41) is 6.29. The fourth-order valence-electron chi connectivity index (χ4n) is 2.57. The summed E-state index contributed by atoms with van der Waals surface area (Å²) in [6, 6.07) is 5.74. The number of nitrogens with one attached hydrogen (secondary N) is 2. The van der Waals surface area contributed by atoms with E-state index in [-0.39, 0.29) is 25.1 Å². The molecule has 1 aromatic carbocycles. The van der Waals surface area contributed by atoms with E-state index in [1.807, 2.05) is 18.2 Å². The molecule has 1 amide bonds. The van der Waals surface area contributed by atoms with E-state index < -0.39 is 0 Å². The Bertz CT molecular complexity index is 505. The Labute approximate surface area is 136 Å². The highest BCUT2D eigenvalue weighted by Crippen LogP contribution is 2.32. The van der Waals surface area contributed by atoms with Crippen LogP contribution in [0.5, 0.6) is 11.5 Å². The highest BCUT2D eigenvalue weighted by Gasteiger charge is 2.15. The number of halogens is 1. The summed E-state index contributed by atoms with van der Waals surface area (Å²) in [6.07, 6.45) is 1.09. The van der Waals surface area contributed by atoms with Crippen molar-refractivity contribution in [2.75, 3.05) is 39.5 Å². The van der Waals surface area contributed by atoms with Gasteiger partial charge in [0, 0.05) is 19.6 Å². The lowest BCUT2D eigenvalue weighted by molar-refractivity contribution is -0.122. The fraction of sp³-hybridized carbons (Fsp3) is 0.533. The molecular weight excluding hydrogens is 306 g/mol. The first-order chi connectivity index (χ1) is 10.3. The van der Waals surface area contributed by atoms with Gasteiger partial charge in [0.15, 0.2) is 11.5 Å². The largest absolute Gasteiger partial charge is 0.454 e. The lowest BCUT2D eigenvalue weighted by atomic mass is 10.2. The minimum absolute atomic E-state index is 0. The Morgan fingerprint density at radius 1 is 1.23 bits per heavy atom. The quantitative estimate of drug-likeness (QED) is 0.854. The van der Waals surface area contributed by atoms with Crippen LogP contribution in [0, 0.1) is 0 Å². The number of rotatable bonds is 4. The summed E-state index contributed by atoms with van der Waals surface area (Å²) in [4.78, 5) is 14.2. The van der Waals surface area contributed by atoms with Crippen molar-refractivity contribution < 1.29 is 14.3 Å². The van der Waals surface area contributed by atoms with Crippen LogP contribution in [0.1, 0.15) is 12.0 Å². The van der Waals surface area contributed by atoms with Crippen molar-refractivity contribution in [1.82, 2.24) is 15.5 Å². The van der Waals surface area contributed by atoms with Gasteiger partial charge in [-0.3, -0.25) is 9.69 Å². The Kier molecular flexibility index (Phi) is 6.30. The summed E-state index contributed by atoms with van der Waals surface area (Å²) in [7, 11) is 0. The van der Waals surface area contributed by atoms with Gasteiger partial charge in [0.1, 0.15) is 0 Å². The molecule has 2 heterocycles. The van der Waals surface area contributed by atoms with Gasteiger partial charge in [-0.05, 0) is 37.2 Å². The van der Waals surface area contributed by atoms with Gasteiger partial charge in [-0.25, -0.2) is 0 Å². The highest BCUT2D eigenvalue weighted by molar-refractivity contribution is 5.85. The van der Waals surface area contributed by atoms with E-state index in [2.05, 4.69) is 15.5 Å². The molecule has 2 N–H and O–H groups in total. The van der Waals surface area contributed by atoms with Gasteiger partial charge in [-0.15, -0.1) is 12.4 Å². The fourth-order valence-corrected chi connectivity index (χ4v) is 2.57. The molecule has 0 atom stereocenters. The third-order valence-electron chi connectivity index (χ3n) is 3.73. The minimum Gasteiger partial charge on any atom is -0.454 e. The van der Waals surface area contributed by atoms with Crippen molar-refractivity contribution in [3.63, 3.8) is 0 Å². The van der Waals surface area contributed by atoms with Crippen LogP contribution in [0.15, 0.2) is 18.2 Å². The molecule has 7 heteroatoms. The Hall–Kier alpha value is -1.50. The molecule has 0 aromatic heterocycles. The third-order valence-corrected chi connectivity index (χ3v) is 3.73. The molecule has 22 heavy (non-hydrogen) atoms. The smallest absolute Gasteiger partial charge is 0.234 e. The maximum atomic E-state index is 12.0. The Balaban J connectivity index is 0.00000176. The second kappa shape index (κ2) is 8.22. The molecule has 3 rings (SSSR count). The molecule has 1 aromatic rings. The molecule has 2 aliphatic heterocycles. The molecule has 122 valence electrons. The average molecular weight is 328 g/mol. The average Bonchev–Trinajstić information content (AvgIpc) is 2.81. The number of carbonyl (C=O) groups excluding carboxylic acids is 1. The maximum absolute atomic E-state index is 12.0. The highest BCUT2D eigenvalue weighted by atomic mass is 35.5. The summed E-state index contributed by atoms with van der Waals surface area (Å²) in [5.74, 6) is 1.58. The standard InChI is InChI=1S/C15H21N3O3.ClH/c19-15(10-18-6-1-4-16-5-7-18)17-9-12-2-3-13-14(8-12)21-11-20-13;/h2-3,8,16H,1,4-7,9-11H2,(H,17,19);1H. The zero-order valence-corrected chi connectivity index (χ0v) is 13.3. The molecule has 0 saturated carbocycles. The van der Waals surface area contributed by atoms with E-state index >= 15 is 0 Å². The number of hydrogen-bond donors (Lipinski definition) is 2. The second-order valence-electron chi connectivity index (χ2n) is 5.34. The SMILES string of the molecule is Cl.O=C(CN1CCCNCC1)NCc1ccc2c(c1)OCO2. The third kappa shape index (κ3) is 4.50. The van der Waals surface area contributed by atoms with Crippen LogP contribution < -0.4 is 20.1 Å². The molecule has 0 bridgehead atoms. The molecule has 2 aliphatic rings. The number of nitrogens with zero attached hydrogens (tertiary/aromatic N) is 1. The Morgan fingerprint density at radius 3 is 3.00 bits per heavy atom. The van der Waals surface area contributed by atoms with Crippen LogP contribution in [-0.4, -0.2) is 50.3 Å². The van der Waals surface area contributed by atoms with E-state index in [9.17, 15) is 4.79 Å². The maximum Gasteiger partial charge on any atom is 0.234 e. The van der Waals surface area contributed by atoms with E-state index in [4.69, 9.17) is 9.47 Å². The van der Waals surface area contributed by atoms with Crippen LogP contribution in [0.4, 0.5) is 0 Å². The van der Waals surface area contributed by atoms with Gasteiger partial charge in [0.25, 0.3) is 0 Å². The number of amides is 1. The molecule has 0 aliphatic carbocycles. The summed E-state index contributed by atoms with van der Waals surface area (Å²) in [5.41, 5.74) is 1.02. The normalized spacial score (nSPS) is 17.5. The molecule has 0 spiro atoms. The van der Waals surface area contributed by atoms with Gasteiger partial charge >= 0.3 is 0 Å². The van der Waals surface area contributed by atoms with Gasteiger partial charge in [0.05, 0.1) is 6.54 Å². The van der Waals surface area contributed by atoms with Crippen molar-refractivity contribution in [2.24, 2.45) is 0 Å². The first kappa shape index (κ1) is 16.9. The Morgan fingerprint density at radius 2 is 2.09 bits per heavy atom. The van der Waals surface area contributed by atoms with Gasteiger partial charge < -0.3 is 20.1 Å². The van der Waals surface area contributed by atoms with Crippen LogP contribution in [0.25, 0.3) is 0 Å². The van der Waals surface area contributed by atoms with Gasteiger partial charge in [-0.2, -0.15) is 0 Å². The van der Waals surface area contributed by atoms with E-state index in [0.29, 0.717) is 13.1 Å².